The van der Waals surface area contributed by atoms with Crippen LogP contribution in [0.1, 0.15) is 15.9 Å². The Morgan fingerprint density at radius 3 is 2.46 bits per heavy atom. The Labute approximate surface area is 166 Å². The van der Waals surface area contributed by atoms with Crippen LogP contribution in [0.25, 0.3) is 0 Å². The van der Waals surface area contributed by atoms with Crippen LogP contribution in [-0.4, -0.2) is 29.1 Å². The van der Waals surface area contributed by atoms with Crippen LogP contribution in [0.2, 0.25) is 5.02 Å². The molecule has 0 fully saturated rings. The van der Waals surface area contributed by atoms with Gasteiger partial charge in [0, 0.05) is 34.9 Å². The standard InChI is InChI=1S/C20H17ClN4O3/c1-12-2-3-14(8-16(12)21)25-20-22-10-13(11-23-20)19(26)24-15-4-5-17-18(9-15)28-7-6-27-17/h2-5,8-11H,6-7H2,1H3,(H,24,26)(H,22,23,25). The van der Waals surface area contributed by atoms with Gasteiger partial charge in [0.05, 0.1) is 5.56 Å². The molecule has 2 aromatic carbocycles. The van der Waals surface area contributed by atoms with Crippen molar-refractivity contribution in [3.63, 3.8) is 0 Å². The lowest BCUT2D eigenvalue weighted by Gasteiger charge is -2.19. The van der Waals surface area contributed by atoms with Gasteiger partial charge in [0.25, 0.3) is 5.91 Å². The summed E-state index contributed by atoms with van der Waals surface area (Å²) in [6.07, 6.45) is 2.91. The number of halogens is 1. The highest BCUT2D eigenvalue weighted by Crippen LogP contribution is 2.32. The first kappa shape index (κ1) is 18.1. The lowest BCUT2D eigenvalue weighted by Crippen LogP contribution is -2.16. The van der Waals surface area contributed by atoms with Gasteiger partial charge in [-0.15, -0.1) is 0 Å². The number of aryl methyl sites for hydroxylation is 1. The van der Waals surface area contributed by atoms with Crippen LogP contribution in [0.5, 0.6) is 11.5 Å². The van der Waals surface area contributed by atoms with E-state index in [0.29, 0.717) is 46.9 Å². The van der Waals surface area contributed by atoms with E-state index in [4.69, 9.17) is 21.1 Å². The first-order chi connectivity index (χ1) is 13.6. The van der Waals surface area contributed by atoms with E-state index in [-0.39, 0.29) is 5.91 Å². The first-order valence-electron chi connectivity index (χ1n) is 8.65. The molecule has 1 aromatic heterocycles. The molecule has 0 aliphatic carbocycles. The van der Waals surface area contributed by atoms with Crippen molar-refractivity contribution < 1.29 is 14.3 Å². The molecular formula is C20H17ClN4O3. The maximum Gasteiger partial charge on any atom is 0.258 e. The van der Waals surface area contributed by atoms with E-state index in [0.717, 1.165) is 11.3 Å². The van der Waals surface area contributed by atoms with E-state index >= 15 is 0 Å². The van der Waals surface area contributed by atoms with Gasteiger partial charge < -0.3 is 20.1 Å². The molecule has 0 radical (unpaired) electrons. The number of carbonyl (C=O) groups excluding carboxylic acids is 1. The van der Waals surface area contributed by atoms with E-state index in [1.165, 1.54) is 12.4 Å². The molecule has 0 spiro atoms. The highest BCUT2D eigenvalue weighted by atomic mass is 35.5. The summed E-state index contributed by atoms with van der Waals surface area (Å²) < 4.78 is 11.0. The number of aromatic nitrogens is 2. The van der Waals surface area contributed by atoms with Crippen molar-refractivity contribution >= 4 is 34.8 Å². The molecule has 7 nitrogen and oxygen atoms in total. The third-order valence-electron chi connectivity index (χ3n) is 4.14. The smallest absolute Gasteiger partial charge is 0.258 e. The molecule has 0 atom stereocenters. The highest BCUT2D eigenvalue weighted by Gasteiger charge is 2.14. The second-order valence-electron chi connectivity index (χ2n) is 6.20. The van der Waals surface area contributed by atoms with Crippen molar-refractivity contribution in [3.8, 4) is 11.5 Å². The monoisotopic (exact) mass is 396 g/mol. The van der Waals surface area contributed by atoms with Gasteiger partial charge in [-0.2, -0.15) is 0 Å². The Balaban J connectivity index is 1.43. The summed E-state index contributed by atoms with van der Waals surface area (Å²) in [5.74, 6) is 1.33. The average molecular weight is 397 g/mol. The van der Waals surface area contributed by atoms with Gasteiger partial charge in [0.2, 0.25) is 5.95 Å². The summed E-state index contributed by atoms with van der Waals surface area (Å²) >= 11 is 6.12. The Morgan fingerprint density at radius 1 is 1.00 bits per heavy atom. The topological polar surface area (TPSA) is 85.4 Å². The van der Waals surface area contributed by atoms with Crippen LogP contribution in [0.15, 0.2) is 48.8 Å². The number of benzene rings is 2. The van der Waals surface area contributed by atoms with Gasteiger partial charge in [-0.25, -0.2) is 9.97 Å². The zero-order valence-corrected chi connectivity index (χ0v) is 15.8. The molecule has 1 aliphatic heterocycles. The van der Waals surface area contributed by atoms with Gasteiger partial charge in [0.15, 0.2) is 11.5 Å². The zero-order valence-electron chi connectivity index (χ0n) is 15.0. The second kappa shape index (κ2) is 7.74. The largest absolute Gasteiger partial charge is 0.486 e. The fraction of sp³-hybridized carbons (Fsp3) is 0.150. The molecule has 0 unspecified atom stereocenters. The summed E-state index contributed by atoms with van der Waals surface area (Å²) in [6.45, 7) is 2.93. The SMILES string of the molecule is Cc1ccc(Nc2ncc(C(=O)Nc3ccc4c(c3)OCCO4)cn2)cc1Cl. The lowest BCUT2D eigenvalue weighted by atomic mass is 10.2. The van der Waals surface area contributed by atoms with E-state index in [2.05, 4.69) is 20.6 Å². The predicted molar refractivity (Wildman–Crippen MR) is 107 cm³/mol. The molecule has 2 heterocycles. The van der Waals surface area contributed by atoms with E-state index in [1.54, 1.807) is 24.3 Å². The van der Waals surface area contributed by atoms with Crippen LogP contribution in [0, 0.1) is 6.92 Å². The molecule has 0 saturated heterocycles. The number of rotatable bonds is 4. The summed E-state index contributed by atoms with van der Waals surface area (Å²) in [7, 11) is 0. The summed E-state index contributed by atoms with van der Waals surface area (Å²) in [5.41, 5.74) is 2.69. The van der Waals surface area contributed by atoms with Crippen molar-refractivity contribution in [2.24, 2.45) is 0 Å². The Bertz CT molecular complexity index is 1020. The Morgan fingerprint density at radius 2 is 1.71 bits per heavy atom. The molecule has 1 aliphatic rings. The fourth-order valence-corrected chi connectivity index (χ4v) is 2.81. The zero-order chi connectivity index (χ0) is 19.5. The molecular weight excluding hydrogens is 380 g/mol. The number of ether oxygens (including phenoxy) is 2. The maximum atomic E-state index is 12.4. The summed E-state index contributed by atoms with van der Waals surface area (Å²) in [6, 6.07) is 10.8. The first-order valence-corrected chi connectivity index (χ1v) is 9.02. The lowest BCUT2D eigenvalue weighted by molar-refractivity contribution is 0.102. The molecule has 142 valence electrons. The molecule has 28 heavy (non-hydrogen) atoms. The minimum atomic E-state index is -0.318. The van der Waals surface area contributed by atoms with Crippen LogP contribution < -0.4 is 20.1 Å². The highest BCUT2D eigenvalue weighted by molar-refractivity contribution is 6.31. The van der Waals surface area contributed by atoms with Crippen LogP contribution in [0.3, 0.4) is 0 Å². The van der Waals surface area contributed by atoms with Crippen molar-refractivity contribution in [1.82, 2.24) is 9.97 Å². The molecule has 8 heteroatoms. The van der Waals surface area contributed by atoms with Crippen molar-refractivity contribution in [2.45, 2.75) is 6.92 Å². The fourth-order valence-electron chi connectivity index (χ4n) is 2.63. The second-order valence-corrected chi connectivity index (χ2v) is 6.60. The number of carbonyl (C=O) groups is 1. The maximum absolute atomic E-state index is 12.4. The van der Waals surface area contributed by atoms with Crippen molar-refractivity contribution in [3.05, 3.63) is 64.9 Å². The summed E-state index contributed by atoms with van der Waals surface area (Å²) in [4.78, 5) is 20.8. The third kappa shape index (κ3) is 3.99. The number of hydrogen-bond donors (Lipinski definition) is 2. The molecule has 0 saturated carbocycles. The quantitative estimate of drug-likeness (QED) is 0.687. The number of nitrogens with zero attached hydrogens (tertiary/aromatic N) is 2. The summed E-state index contributed by atoms with van der Waals surface area (Å²) in [5, 5.41) is 6.51. The number of amides is 1. The molecule has 3 aromatic rings. The minimum Gasteiger partial charge on any atom is -0.486 e. The van der Waals surface area contributed by atoms with Gasteiger partial charge >= 0.3 is 0 Å². The molecule has 4 rings (SSSR count). The van der Waals surface area contributed by atoms with Crippen molar-refractivity contribution in [1.29, 1.82) is 0 Å². The van der Waals surface area contributed by atoms with Crippen LogP contribution >= 0.6 is 11.6 Å². The van der Waals surface area contributed by atoms with E-state index < -0.39 is 0 Å². The van der Waals surface area contributed by atoms with Gasteiger partial charge in [-0.05, 0) is 36.8 Å². The van der Waals surface area contributed by atoms with Gasteiger partial charge in [-0.3, -0.25) is 4.79 Å². The average Bonchev–Trinajstić information content (AvgIpc) is 2.71. The van der Waals surface area contributed by atoms with Gasteiger partial charge in [-0.1, -0.05) is 17.7 Å². The predicted octanol–water partition coefficient (Wildman–Crippen LogP) is 4.21. The van der Waals surface area contributed by atoms with E-state index in [9.17, 15) is 4.79 Å². The van der Waals surface area contributed by atoms with Crippen LogP contribution in [0.4, 0.5) is 17.3 Å². The van der Waals surface area contributed by atoms with Crippen LogP contribution in [-0.2, 0) is 0 Å². The van der Waals surface area contributed by atoms with Gasteiger partial charge in [0.1, 0.15) is 13.2 Å². The normalized spacial score (nSPS) is 12.4. The number of nitrogens with one attached hydrogen (secondary N) is 2. The number of anilines is 3. The number of hydrogen-bond acceptors (Lipinski definition) is 6. The van der Waals surface area contributed by atoms with E-state index in [1.807, 2.05) is 19.1 Å². The Hall–Kier alpha value is -3.32. The molecule has 0 bridgehead atoms. The minimum absolute atomic E-state index is 0.318. The van der Waals surface area contributed by atoms with Crippen molar-refractivity contribution in [2.75, 3.05) is 23.8 Å². The third-order valence-corrected chi connectivity index (χ3v) is 4.55. The molecule has 1 amide bonds. The number of fused-ring (bicyclic) bond motifs is 1. The Kier molecular flexibility index (Phi) is 4.99. The molecule has 2 N–H and O–H groups in total.